The highest BCUT2D eigenvalue weighted by Crippen LogP contribution is 2.43. The number of oxazole rings is 1. The Balaban J connectivity index is 1.01. The maximum absolute atomic E-state index is 6.62. The number of benzene rings is 10. The topological polar surface area (TPSA) is 29.3 Å². The highest BCUT2D eigenvalue weighted by molar-refractivity contribution is 6.06. The Bertz CT molecular complexity index is 3200. The lowest BCUT2D eigenvalue weighted by atomic mass is 9.92. The molecule has 3 heteroatoms. The number of aromatic nitrogens is 1. The maximum atomic E-state index is 6.62. The van der Waals surface area contributed by atoms with Crippen LogP contribution in [0.1, 0.15) is 0 Å². The van der Waals surface area contributed by atoms with Crippen molar-refractivity contribution in [2.24, 2.45) is 0 Å². The molecule has 0 unspecified atom stereocenters. The quantitative estimate of drug-likeness (QED) is 0.146. The van der Waals surface area contributed by atoms with Gasteiger partial charge in [0.25, 0.3) is 0 Å². The van der Waals surface area contributed by atoms with Crippen LogP contribution in [0, 0.1) is 0 Å². The van der Waals surface area contributed by atoms with Crippen molar-refractivity contribution in [1.82, 2.24) is 4.98 Å². The minimum absolute atomic E-state index is 0.612. The van der Waals surface area contributed by atoms with E-state index < -0.39 is 0 Å². The van der Waals surface area contributed by atoms with E-state index in [1.165, 1.54) is 27.8 Å². The summed E-state index contributed by atoms with van der Waals surface area (Å²) in [6, 6.07) is 86.1. The summed E-state index contributed by atoms with van der Waals surface area (Å²) < 4.78 is 6.62. The third-order valence-electron chi connectivity index (χ3n) is 11.7. The van der Waals surface area contributed by atoms with Crippen molar-refractivity contribution >= 4 is 38.9 Å². The fourth-order valence-electron chi connectivity index (χ4n) is 8.53. The Morgan fingerprint density at radius 1 is 0.306 bits per heavy atom. The molecule has 0 amide bonds. The highest BCUT2D eigenvalue weighted by Gasteiger charge is 2.19. The van der Waals surface area contributed by atoms with Crippen LogP contribution in [0.2, 0.25) is 0 Å². The van der Waals surface area contributed by atoms with Crippen molar-refractivity contribution < 1.29 is 4.42 Å². The van der Waals surface area contributed by atoms with Crippen molar-refractivity contribution in [3.8, 4) is 67.1 Å². The second kappa shape index (κ2) is 16.1. The van der Waals surface area contributed by atoms with Gasteiger partial charge in [-0.05, 0) is 122 Å². The molecule has 0 bridgehead atoms. The Kier molecular flexibility index (Phi) is 9.53. The smallest absolute Gasteiger partial charge is 0.227 e. The van der Waals surface area contributed by atoms with Gasteiger partial charge in [-0.15, -0.1) is 0 Å². The first-order valence-corrected chi connectivity index (χ1v) is 21.0. The van der Waals surface area contributed by atoms with Gasteiger partial charge in [0.2, 0.25) is 5.89 Å². The van der Waals surface area contributed by atoms with Gasteiger partial charge in [-0.3, -0.25) is 0 Å². The molecule has 0 radical (unpaired) electrons. The normalized spacial score (nSPS) is 11.2. The first-order chi connectivity index (χ1) is 30.7. The van der Waals surface area contributed by atoms with E-state index in [4.69, 9.17) is 9.40 Å². The monoisotopic (exact) mass is 792 g/mol. The summed E-state index contributed by atoms with van der Waals surface area (Å²) in [7, 11) is 0. The van der Waals surface area contributed by atoms with Crippen molar-refractivity contribution in [3.05, 3.63) is 243 Å². The maximum Gasteiger partial charge on any atom is 0.227 e. The molecule has 0 spiro atoms. The second-order valence-corrected chi connectivity index (χ2v) is 15.6. The van der Waals surface area contributed by atoms with Gasteiger partial charge in [0.15, 0.2) is 5.58 Å². The molecular weight excluding hydrogens is 753 g/mol. The molecule has 0 aliphatic heterocycles. The predicted molar refractivity (Wildman–Crippen MR) is 259 cm³/mol. The minimum Gasteiger partial charge on any atom is -0.435 e. The van der Waals surface area contributed by atoms with Crippen molar-refractivity contribution in [3.63, 3.8) is 0 Å². The number of fused-ring (bicyclic) bond motifs is 3. The molecule has 1 aromatic heterocycles. The third kappa shape index (κ3) is 7.12. The lowest BCUT2D eigenvalue weighted by molar-refractivity contribution is 0.623. The van der Waals surface area contributed by atoms with Gasteiger partial charge in [0, 0.05) is 28.0 Å². The summed E-state index contributed by atoms with van der Waals surface area (Å²) in [4.78, 5) is 7.32. The molecule has 3 nitrogen and oxygen atoms in total. The molecule has 10 aromatic carbocycles. The molecule has 0 atom stereocenters. The SMILES string of the molecule is c1ccc(-c2ccc(-c3nc4ccc5ccc(-c6ccc(N(c7ccc(-c8ccccc8)cc7)c7ccc(-c8ccccc8)cc7)cc6-c6ccccc6)cc5c4o3)cc2)cc1. The van der Waals surface area contributed by atoms with Crippen LogP contribution in [0.3, 0.4) is 0 Å². The van der Waals surface area contributed by atoms with Gasteiger partial charge in [-0.2, -0.15) is 0 Å². The van der Waals surface area contributed by atoms with E-state index in [-0.39, 0.29) is 0 Å². The van der Waals surface area contributed by atoms with Crippen molar-refractivity contribution in [1.29, 1.82) is 0 Å². The summed E-state index contributed by atoms with van der Waals surface area (Å²) >= 11 is 0. The fraction of sp³-hybridized carbons (Fsp3) is 0. The summed E-state index contributed by atoms with van der Waals surface area (Å²) in [6.07, 6.45) is 0. The van der Waals surface area contributed by atoms with Crippen LogP contribution in [0.5, 0.6) is 0 Å². The molecule has 11 rings (SSSR count). The second-order valence-electron chi connectivity index (χ2n) is 15.6. The predicted octanol–water partition coefficient (Wildman–Crippen LogP) is 16.5. The Hall–Kier alpha value is -8.27. The van der Waals surface area contributed by atoms with Gasteiger partial charge in [0.05, 0.1) is 0 Å². The minimum atomic E-state index is 0.612. The molecule has 0 aliphatic carbocycles. The molecule has 0 saturated heterocycles. The summed E-state index contributed by atoms with van der Waals surface area (Å²) in [5.74, 6) is 0.612. The molecule has 0 fully saturated rings. The van der Waals surface area contributed by atoms with E-state index in [1.807, 2.05) is 6.07 Å². The number of anilines is 3. The lowest BCUT2D eigenvalue weighted by Crippen LogP contribution is -2.10. The van der Waals surface area contributed by atoms with Gasteiger partial charge < -0.3 is 9.32 Å². The number of rotatable bonds is 9. The number of hydrogen-bond donors (Lipinski definition) is 0. The molecule has 1 heterocycles. The van der Waals surface area contributed by atoms with E-state index >= 15 is 0 Å². The van der Waals surface area contributed by atoms with Crippen LogP contribution in [-0.2, 0) is 0 Å². The van der Waals surface area contributed by atoms with Crippen LogP contribution < -0.4 is 4.90 Å². The largest absolute Gasteiger partial charge is 0.435 e. The average Bonchev–Trinajstić information content (AvgIpc) is 3.81. The van der Waals surface area contributed by atoms with E-state index in [2.05, 4.69) is 241 Å². The Labute approximate surface area is 361 Å². The number of nitrogens with zero attached hydrogens (tertiary/aromatic N) is 2. The number of hydrogen-bond acceptors (Lipinski definition) is 3. The average molecular weight is 793 g/mol. The Morgan fingerprint density at radius 3 is 1.26 bits per heavy atom. The lowest BCUT2D eigenvalue weighted by Gasteiger charge is -2.27. The molecule has 0 aliphatic rings. The zero-order chi connectivity index (χ0) is 41.2. The third-order valence-corrected chi connectivity index (χ3v) is 11.7. The summed E-state index contributed by atoms with van der Waals surface area (Å²) in [5, 5.41) is 2.13. The molecular formula is C59H40N2O. The van der Waals surface area contributed by atoms with E-state index in [0.717, 1.165) is 72.3 Å². The standard InChI is InChI=1S/C59H40N2O/c1-5-13-41(14-6-1)44-21-24-49(25-22-44)59-60-57-38-31-48-23-26-50(39-56(48)58(57)62-59)54-37-36-53(40-55(54)47-19-11-4-12-20-47)61(51-32-27-45(28-33-51)42-15-7-2-8-16-42)52-34-29-46(30-35-52)43-17-9-3-10-18-43/h1-40H. The van der Waals surface area contributed by atoms with Gasteiger partial charge >= 0.3 is 0 Å². The molecule has 0 N–H and O–H groups in total. The van der Waals surface area contributed by atoms with E-state index in [0.29, 0.717) is 5.89 Å². The van der Waals surface area contributed by atoms with Crippen LogP contribution >= 0.6 is 0 Å². The zero-order valence-electron chi connectivity index (χ0n) is 33.9. The van der Waals surface area contributed by atoms with Crippen LogP contribution in [0.15, 0.2) is 247 Å². The van der Waals surface area contributed by atoms with Crippen molar-refractivity contribution in [2.45, 2.75) is 0 Å². The van der Waals surface area contributed by atoms with Gasteiger partial charge in [-0.1, -0.05) is 182 Å². The summed E-state index contributed by atoms with van der Waals surface area (Å²) in [6.45, 7) is 0. The highest BCUT2D eigenvalue weighted by atomic mass is 16.3. The zero-order valence-corrected chi connectivity index (χ0v) is 33.9. The summed E-state index contributed by atoms with van der Waals surface area (Å²) in [5.41, 5.74) is 17.4. The van der Waals surface area contributed by atoms with Gasteiger partial charge in [0.1, 0.15) is 5.52 Å². The van der Waals surface area contributed by atoms with E-state index in [9.17, 15) is 0 Å². The first kappa shape index (κ1) is 36.8. The van der Waals surface area contributed by atoms with Crippen LogP contribution in [0.25, 0.3) is 89.0 Å². The first-order valence-electron chi connectivity index (χ1n) is 21.0. The van der Waals surface area contributed by atoms with E-state index in [1.54, 1.807) is 0 Å². The van der Waals surface area contributed by atoms with Crippen LogP contribution in [0.4, 0.5) is 17.1 Å². The fourth-order valence-corrected chi connectivity index (χ4v) is 8.53. The molecule has 11 aromatic rings. The Morgan fingerprint density at radius 2 is 0.726 bits per heavy atom. The molecule has 292 valence electrons. The van der Waals surface area contributed by atoms with Gasteiger partial charge in [-0.25, -0.2) is 4.98 Å². The molecule has 62 heavy (non-hydrogen) atoms. The van der Waals surface area contributed by atoms with Crippen LogP contribution in [-0.4, -0.2) is 4.98 Å². The molecule has 0 saturated carbocycles. The van der Waals surface area contributed by atoms with Crippen molar-refractivity contribution in [2.75, 3.05) is 4.90 Å².